The van der Waals surface area contributed by atoms with Crippen LogP contribution in [-0.4, -0.2) is 75.2 Å². The molecule has 1 saturated heterocycles. The van der Waals surface area contributed by atoms with E-state index in [9.17, 15) is 19.5 Å². The number of fused-ring (bicyclic) bond motifs is 2. The highest BCUT2D eigenvalue weighted by Gasteiger charge is 2.66. The van der Waals surface area contributed by atoms with E-state index >= 15 is 4.79 Å². The van der Waals surface area contributed by atoms with Gasteiger partial charge in [0.15, 0.2) is 25.4 Å². The summed E-state index contributed by atoms with van der Waals surface area (Å²) in [6, 6.07) is 19.5. The van der Waals surface area contributed by atoms with Crippen molar-refractivity contribution in [3.63, 3.8) is 0 Å². The fourth-order valence-electron chi connectivity index (χ4n) is 8.19. The molecule has 4 atom stereocenters. The molecule has 2 N–H and O–H groups in total. The van der Waals surface area contributed by atoms with Gasteiger partial charge in [0, 0.05) is 66.6 Å². The van der Waals surface area contributed by atoms with Crippen LogP contribution < -0.4 is 25.5 Å². The number of aliphatic hydroxyl groups excluding tert-OH is 1. The molecule has 15 heteroatoms. The topological polar surface area (TPSA) is 163 Å². The van der Waals surface area contributed by atoms with Crippen molar-refractivity contribution < 1.29 is 28.9 Å². The number of amides is 1. The fourth-order valence-corrected chi connectivity index (χ4v) is 10.8. The molecule has 14 nitrogen and oxygen atoms in total. The van der Waals surface area contributed by atoms with E-state index in [2.05, 4.69) is 10.3 Å². The summed E-state index contributed by atoms with van der Waals surface area (Å²) in [5, 5.41) is 17.7. The molecular weight excluding hydrogens is 709 g/mol. The second kappa shape index (κ2) is 14.5. The number of carbonyl (C=O) groups is 1. The summed E-state index contributed by atoms with van der Waals surface area (Å²) in [6.45, 7) is 6.32. The Morgan fingerprint density at radius 1 is 0.907 bits per heavy atom. The van der Waals surface area contributed by atoms with Crippen LogP contribution in [0.15, 0.2) is 94.9 Å². The Kier molecular flexibility index (Phi) is 9.91. The first-order chi connectivity index (χ1) is 25.9. The van der Waals surface area contributed by atoms with E-state index in [0.29, 0.717) is 47.7 Å². The van der Waals surface area contributed by atoms with Gasteiger partial charge in [0.1, 0.15) is 0 Å². The Bertz CT molecular complexity index is 2300. The van der Waals surface area contributed by atoms with Gasteiger partial charge in [0.05, 0.1) is 38.2 Å². The SMILES string of the molecule is COc1cccn(-c2ccc(CN3C(=O)[C@@]4(O[C@@H](CCn5cc(CCO)nn5)[C@H]([Si](C)(C)O)[C@H]4C)c4cc(-n5cccc(OC)c5=O)ccc43)cc2)c1=O. The molecule has 3 aromatic heterocycles. The predicted octanol–water partition coefficient (Wildman–Crippen LogP) is 3.57. The summed E-state index contributed by atoms with van der Waals surface area (Å²) in [5.74, 6) is -0.291. The van der Waals surface area contributed by atoms with Crippen molar-refractivity contribution in [2.24, 2.45) is 5.92 Å². The van der Waals surface area contributed by atoms with Crippen LogP contribution >= 0.6 is 0 Å². The molecule has 5 aromatic rings. The third kappa shape index (κ3) is 6.36. The van der Waals surface area contributed by atoms with E-state index in [1.807, 2.05) is 56.4 Å². The minimum Gasteiger partial charge on any atom is -0.491 e. The maximum atomic E-state index is 15.1. The molecule has 1 amide bonds. The Balaban J connectivity index is 1.29. The zero-order chi connectivity index (χ0) is 38.4. The monoisotopic (exact) mass is 752 g/mol. The van der Waals surface area contributed by atoms with Crippen molar-refractivity contribution in [2.75, 3.05) is 25.7 Å². The zero-order valence-electron chi connectivity index (χ0n) is 30.9. The molecule has 5 heterocycles. The molecule has 0 aliphatic carbocycles. The maximum absolute atomic E-state index is 15.1. The summed E-state index contributed by atoms with van der Waals surface area (Å²) in [4.78, 5) is 54.9. The third-order valence-corrected chi connectivity index (χ3v) is 13.2. The van der Waals surface area contributed by atoms with Gasteiger partial charge in [0.25, 0.3) is 17.0 Å². The molecule has 0 bridgehead atoms. The number of methoxy groups -OCH3 is 2. The second-order valence-corrected chi connectivity index (χ2v) is 18.3. The van der Waals surface area contributed by atoms with Gasteiger partial charge in [-0.2, -0.15) is 0 Å². The molecule has 1 spiro atoms. The molecule has 0 unspecified atom stereocenters. The average Bonchev–Trinajstić information content (AvgIpc) is 3.80. The maximum Gasteiger partial charge on any atom is 0.297 e. The smallest absolute Gasteiger partial charge is 0.297 e. The first kappa shape index (κ1) is 37.0. The Morgan fingerprint density at radius 2 is 1.54 bits per heavy atom. The lowest BCUT2D eigenvalue weighted by molar-refractivity contribution is -0.146. The minimum absolute atomic E-state index is 0.0365. The van der Waals surface area contributed by atoms with Crippen LogP contribution in [0.1, 0.15) is 30.2 Å². The van der Waals surface area contributed by atoms with Crippen LogP contribution in [0.5, 0.6) is 11.5 Å². The van der Waals surface area contributed by atoms with Crippen LogP contribution in [0, 0.1) is 5.92 Å². The van der Waals surface area contributed by atoms with E-state index in [1.54, 1.807) is 58.5 Å². The highest BCUT2D eigenvalue weighted by Crippen LogP contribution is 2.60. The zero-order valence-corrected chi connectivity index (χ0v) is 31.9. The highest BCUT2D eigenvalue weighted by atomic mass is 28.4. The number of aryl methyl sites for hydroxylation is 1. The number of rotatable bonds is 12. The largest absolute Gasteiger partial charge is 0.491 e. The summed E-state index contributed by atoms with van der Waals surface area (Å²) in [5.41, 5.74) is 1.49. The van der Waals surface area contributed by atoms with Crippen molar-refractivity contribution in [1.29, 1.82) is 0 Å². The van der Waals surface area contributed by atoms with E-state index in [4.69, 9.17) is 14.2 Å². The molecule has 2 aliphatic rings. The molecule has 2 aromatic carbocycles. The number of aromatic nitrogens is 5. The normalized spacial score (nSPS) is 20.8. The van der Waals surface area contributed by atoms with Crippen molar-refractivity contribution in [3.05, 3.63) is 123 Å². The van der Waals surface area contributed by atoms with E-state index in [1.165, 1.54) is 23.4 Å². The van der Waals surface area contributed by atoms with Crippen molar-refractivity contribution in [2.45, 2.75) is 63.2 Å². The van der Waals surface area contributed by atoms with Gasteiger partial charge in [0.2, 0.25) is 0 Å². The van der Waals surface area contributed by atoms with E-state index in [0.717, 1.165) is 5.56 Å². The van der Waals surface area contributed by atoms with Gasteiger partial charge in [-0.1, -0.05) is 24.3 Å². The van der Waals surface area contributed by atoms with Gasteiger partial charge in [-0.25, -0.2) is 0 Å². The molecule has 0 saturated carbocycles. The molecule has 7 rings (SSSR count). The number of nitrogens with zero attached hydrogens (tertiary/aromatic N) is 6. The number of ether oxygens (including phenoxy) is 3. The lowest BCUT2D eigenvalue weighted by Gasteiger charge is -2.32. The van der Waals surface area contributed by atoms with Crippen molar-refractivity contribution in [1.82, 2.24) is 24.1 Å². The molecule has 54 heavy (non-hydrogen) atoms. The van der Waals surface area contributed by atoms with Gasteiger partial charge in [-0.15, -0.1) is 5.10 Å². The summed E-state index contributed by atoms with van der Waals surface area (Å²) < 4.78 is 22.2. The first-order valence-corrected chi connectivity index (χ1v) is 20.9. The number of carbonyl (C=O) groups excluding carboxylic acids is 1. The number of benzene rings is 2. The molecule has 2 aliphatic heterocycles. The summed E-state index contributed by atoms with van der Waals surface area (Å²) in [7, 11) is -0.0717. The minimum atomic E-state index is -2.97. The van der Waals surface area contributed by atoms with Gasteiger partial charge in [-0.05, 0) is 79.7 Å². The highest BCUT2D eigenvalue weighted by molar-refractivity contribution is 6.71. The molecular formula is C39H44N6O8Si. The van der Waals surface area contributed by atoms with Crippen LogP contribution in [0.2, 0.25) is 18.6 Å². The van der Waals surface area contributed by atoms with E-state index in [-0.39, 0.29) is 47.2 Å². The number of pyridine rings is 2. The van der Waals surface area contributed by atoms with Gasteiger partial charge >= 0.3 is 0 Å². The lowest BCUT2D eigenvalue weighted by atomic mass is 9.82. The van der Waals surface area contributed by atoms with Gasteiger partial charge in [-0.3, -0.25) is 28.2 Å². The van der Waals surface area contributed by atoms with Crippen LogP contribution in [0.4, 0.5) is 5.69 Å². The lowest BCUT2D eigenvalue weighted by Crippen LogP contribution is -2.46. The van der Waals surface area contributed by atoms with E-state index < -0.39 is 25.9 Å². The van der Waals surface area contributed by atoms with Crippen LogP contribution in [0.25, 0.3) is 11.4 Å². The van der Waals surface area contributed by atoms with Crippen LogP contribution in [0.3, 0.4) is 0 Å². The summed E-state index contributed by atoms with van der Waals surface area (Å²) >= 11 is 0. The fraction of sp³-hybridized carbons (Fsp3) is 0.359. The Morgan fingerprint density at radius 3 is 2.15 bits per heavy atom. The van der Waals surface area contributed by atoms with Crippen molar-refractivity contribution >= 4 is 19.9 Å². The third-order valence-electron chi connectivity index (χ3n) is 10.7. The van der Waals surface area contributed by atoms with Crippen molar-refractivity contribution in [3.8, 4) is 22.9 Å². The molecule has 0 radical (unpaired) electrons. The molecule has 282 valence electrons. The summed E-state index contributed by atoms with van der Waals surface area (Å²) in [6.07, 6.45) is 5.45. The second-order valence-electron chi connectivity index (χ2n) is 14.4. The number of anilines is 1. The number of hydrogen-bond acceptors (Lipinski definition) is 10. The quantitative estimate of drug-likeness (QED) is 0.180. The molecule has 1 fully saturated rings. The Labute approximate surface area is 312 Å². The van der Waals surface area contributed by atoms with Gasteiger partial charge < -0.3 is 29.0 Å². The standard InChI is InChI=1S/C39H44N6O8Si/c1-25-35(54(4,5)50)32(16-20-42-24-27(17-21-46)40-41-42)53-39(25)30-22-29(44-19-7-9-34(52-3)37(44)48)14-15-31(30)45(38(39)49)23-26-10-12-28(13-11-26)43-18-6-8-33(51-2)36(43)47/h6-15,18-19,22,24-25,32,35,46,50H,16-17,20-21,23H2,1-5H3/t25-,32+,35-,39+/m1/s1. The number of aliphatic hydroxyl groups is 1. The Hall–Kier alpha value is -5.35. The van der Waals surface area contributed by atoms with Crippen LogP contribution in [-0.2, 0) is 34.6 Å². The first-order valence-electron chi connectivity index (χ1n) is 17.9. The number of hydrogen-bond donors (Lipinski definition) is 2. The average molecular weight is 753 g/mol. The predicted molar refractivity (Wildman–Crippen MR) is 203 cm³/mol.